The lowest BCUT2D eigenvalue weighted by Gasteiger charge is -2.12. The number of carbonyl (C=O) groups excluding carboxylic acids is 1. The average molecular weight is 369 g/mol. The van der Waals surface area contributed by atoms with E-state index in [1.165, 1.54) is 14.2 Å². The molecule has 0 spiro atoms. The highest BCUT2D eigenvalue weighted by atomic mass is 16.5. The topological polar surface area (TPSA) is 102 Å². The first kappa shape index (κ1) is 18.2. The maximum Gasteiger partial charge on any atom is 0.273 e. The number of methoxy groups -OCH3 is 2. The molecule has 8 heteroatoms. The number of H-pyrrole nitrogens is 1. The molecule has 1 aromatic heterocycles. The molecule has 0 atom stereocenters. The molecule has 1 heterocycles. The van der Waals surface area contributed by atoms with Crippen LogP contribution in [0.4, 0.5) is 5.69 Å². The molecule has 0 bridgehead atoms. The van der Waals surface area contributed by atoms with Crippen LogP contribution >= 0.6 is 0 Å². The molecule has 0 fully saturated rings. The molecule has 2 N–H and O–H groups in total. The number of benzene rings is 2. The molecule has 8 nitrogen and oxygen atoms in total. The second kappa shape index (κ2) is 7.77. The summed E-state index contributed by atoms with van der Waals surface area (Å²) < 4.78 is 11.5. The molecule has 140 valence electrons. The highest BCUT2D eigenvalue weighted by molar-refractivity contribution is 5.92. The van der Waals surface area contributed by atoms with Crippen LogP contribution in [0.1, 0.15) is 6.42 Å². The van der Waals surface area contributed by atoms with E-state index in [2.05, 4.69) is 10.4 Å². The lowest BCUT2D eigenvalue weighted by molar-refractivity contribution is -0.116. The fourth-order valence-corrected chi connectivity index (χ4v) is 2.74. The Morgan fingerprint density at radius 1 is 1.07 bits per heavy atom. The van der Waals surface area contributed by atoms with Crippen LogP contribution in [0.2, 0.25) is 0 Å². The third-order valence-corrected chi connectivity index (χ3v) is 4.13. The second-order valence-corrected chi connectivity index (χ2v) is 5.81. The summed E-state index contributed by atoms with van der Waals surface area (Å²) in [5.41, 5.74) is -0.266. The maximum atomic E-state index is 12.5. The third-order valence-electron chi connectivity index (χ3n) is 4.13. The number of anilines is 1. The zero-order valence-electron chi connectivity index (χ0n) is 14.9. The number of nitrogens with one attached hydrogen (secondary N) is 2. The van der Waals surface area contributed by atoms with Crippen molar-refractivity contribution in [2.45, 2.75) is 13.0 Å². The monoisotopic (exact) mass is 369 g/mol. The molecule has 0 unspecified atom stereocenters. The number of amides is 1. The highest BCUT2D eigenvalue weighted by Crippen LogP contribution is 2.28. The maximum absolute atomic E-state index is 12.5. The van der Waals surface area contributed by atoms with E-state index in [-0.39, 0.29) is 30.0 Å². The van der Waals surface area contributed by atoms with Gasteiger partial charge in [-0.15, -0.1) is 0 Å². The Kier molecular flexibility index (Phi) is 5.25. The van der Waals surface area contributed by atoms with E-state index in [1.54, 1.807) is 42.5 Å². The summed E-state index contributed by atoms with van der Waals surface area (Å²) in [4.78, 5) is 36.9. The first-order chi connectivity index (χ1) is 13.0. The molecule has 0 radical (unpaired) electrons. The number of carbonyl (C=O) groups is 1. The molecule has 1 amide bonds. The van der Waals surface area contributed by atoms with Crippen LogP contribution in [0.15, 0.2) is 52.1 Å². The van der Waals surface area contributed by atoms with Crippen LogP contribution in [0.3, 0.4) is 0 Å². The molecule has 0 aliphatic rings. The molecule has 27 heavy (non-hydrogen) atoms. The van der Waals surface area contributed by atoms with Gasteiger partial charge in [-0.1, -0.05) is 12.1 Å². The van der Waals surface area contributed by atoms with Crippen molar-refractivity contribution in [2.75, 3.05) is 19.5 Å². The predicted molar refractivity (Wildman–Crippen MR) is 102 cm³/mol. The van der Waals surface area contributed by atoms with E-state index in [9.17, 15) is 14.4 Å². The minimum absolute atomic E-state index is 0.00541. The van der Waals surface area contributed by atoms with Gasteiger partial charge in [0.25, 0.3) is 11.1 Å². The van der Waals surface area contributed by atoms with E-state index in [0.717, 1.165) is 4.68 Å². The summed E-state index contributed by atoms with van der Waals surface area (Å²) in [6.45, 7) is 0.0387. The first-order valence-electron chi connectivity index (χ1n) is 8.27. The van der Waals surface area contributed by atoms with E-state index >= 15 is 0 Å². The third kappa shape index (κ3) is 3.84. The smallest absolute Gasteiger partial charge is 0.273 e. The van der Waals surface area contributed by atoms with Crippen molar-refractivity contribution in [1.29, 1.82) is 0 Å². The highest BCUT2D eigenvalue weighted by Gasteiger charge is 2.11. The van der Waals surface area contributed by atoms with Crippen molar-refractivity contribution < 1.29 is 14.3 Å². The van der Waals surface area contributed by atoms with Gasteiger partial charge >= 0.3 is 0 Å². The number of aromatic nitrogens is 2. The lowest BCUT2D eigenvalue weighted by Crippen LogP contribution is -2.31. The van der Waals surface area contributed by atoms with Gasteiger partial charge in [-0.3, -0.25) is 19.5 Å². The molecule has 0 aliphatic carbocycles. The lowest BCUT2D eigenvalue weighted by atomic mass is 10.2. The van der Waals surface area contributed by atoms with Gasteiger partial charge in [-0.05, 0) is 24.3 Å². The normalized spacial score (nSPS) is 10.6. The van der Waals surface area contributed by atoms with E-state index < -0.39 is 0 Å². The minimum Gasteiger partial charge on any atom is -0.497 e. The average Bonchev–Trinajstić information content (AvgIpc) is 2.69. The van der Waals surface area contributed by atoms with Crippen LogP contribution in [-0.2, 0) is 11.3 Å². The summed E-state index contributed by atoms with van der Waals surface area (Å²) >= 11 is 0. The van der Waals surface area contributed by atoms with Crippen LogP contribution in [-0.4, -0.2) is 29.9 Å². The summed E-state index contributed by atoms with van der Waals surface area (Å²) in [6, 6.07) is 11.6. The Hall–Kier alpha value is -3.55. The Balaban J connectivity index is 1.77. The summed E-state index contributed by atoms with van der Waals surface area (Å²) in [5, 5.41) is 5.87. The van der Waals surface area contributed by atoms with Crippen molar-refractivity contribution in [1.82, 2.24) is 9.78 Å². The van der Waals surface area contributed by atoms with Crippen molar-refractivity contribution in [3.8, 4) is 11.5 Å². The predicted octanol–water partition coefficient (Wildman–Crippen LogP) is 1.74. The van der Waals surface area contributed by atoms with Gasteiger partial charge in [0.2, 0.25) is 5.91 Å². The fourth-order valence-electron chi connectivity index (χ4n) is 2.74. The standard InChI is InChI=1S/C19H19N3O5/c1-26-12-7-8-16(27-2)15(11-12)20-17(23)9-10-22-19(25)14-6-4-3-5-13(14)18(24)21-22/h3-8,11H,9-10H2,1-2H3,(H,20,23)(H,21,24). The number of nitrogens with zero attached hydrogens (tertiary/aromatic N) is 1. The van der Waals surface area contributed by atoms with Crippen LogP contribution < -0.4 is 25.9 Å². The largest absolute Gasteiger partial charge is 0.497 e. The number of hydrogen-bond acceptors (Lipinski definition) is 5. The van der Waals surface area contributed by atoms with E-state index in [4.69, 9.17) is 9.47 Å². The van der Waals surface area contributed by atoms with Crippen LogP contribution in [0.25, 0.3) is 10.8 Å². The van der Waals surface area contributed by atoms with Crippen molar-refractivity contribution in [3.63, 3.8) is 0 Å². The quantitative estimate of drug-likeness (QED) is 0.689. The van der Waals surface area contributed by atoms with Gasteiger partial charge in [0.05, 0.1) is 37.2 Å². The number of aromatic amines is 1. The molecule has 0 saturated carbocycles. The molecular weight excluding hydrogens is 350 g/mol. The Morgan fingerprint density at radius 2 is 1.81 bits per heavy atom. The number of ether oxygens (including phenoxy) is 2. The summed E-state index contributed by atoms with van der Waals surface area (Å²) in [6.07, 6.45) is -0.00541. The van der Waals surface area contributed by atoms with Crippen molar-refractivity contribution in [2.24, 2.45) is 0 Å². The molecule has 3 rings (SSSR count). The van der Waals surface area contributed by atoms with Crippen LogP contribution in [0, 0.1) is 0 Å². The number of aryl methyl sites for hydroxylation is 1. The van der Waals surface area contributed by atoms with Gasteiger partial charge in [-0.25, -0.2) is 4.68 Å². The van der Waals surface area contributed by atoms with E-state index in [1.807, 2.05) is 0 Å². The zero-order valence-corrected chi connectivity index (χ0v) is 14.9. The minimum atomic E-state index is -0.375. The van der Waals surface area contributed by atoms with Gasteiger partial charge < -0.3 is 14.8 Å². The number of hydrogen-bond donors (Lipinski definition) is 2. The van der Waals surface area contributed by atoms with Gasteiger partial charge in [0.15, 0.2) is 0 Å². The Bertz CT molecular complexity index is 1100. The van der Waals surface area contributed by atoms with Gasteiger partial charge in [0.1, 0.15) is 11.5 Å². The summed E-state index contributed by atoms with van der Waals surface area (Å²) in [7, 11) is 3.02. The molecule has 0 aliphatic heterocycles. The first-order valence-corrected chi connectivity index (χ1v) is 8.27. The molecule has 2 aromatic carbocycles. The molecule has 0 saturated heterocycles. The zero-order chi connectivity index (χ0) is 19.4. The molecular formula is C19H19N3O5. The van der Waals surface area contributed by atoms with Gasteiger partial charge in [0, 0.05) is 12.5 Å². The summed E-state index contributed by atoms with van der Waals surface area (Å²) in [5.74, 6) is 0.726. The SMILES string of the molecule is COc1ccc(OC)c(NC(=O)CCn2[nH]c(=O)c3ccccc3c2=O)c1. The Labute approximate surface area is 154 Å². The number of fused-ring (bicyclic) bond motifs is 1. The second-order valence-electron chi connectivity index (χ2n) is 5.81. The fraction of sp³-hybridized carbons (Fsp3) is 0.211. The van der Waals surface area contributed by atoms with Gasteiger partial charge in [-0.2, -0.15) is 0 Å². The molecule has 3 aromatic rings. The Morgan fingerprint density at radius 3 is 2.52 bits per heavy atom. The van der Waals surface area contributed by atoms with E-state index in [0.29, 0.717) is 28.0 Å². The van der Waals surface area contributed by atoms with Crippen molar-refractivity contribution >= 4 is 22.4 Å². The van der Waals surface area contributed by atoms with Crippen molar-refractivity contribution in [3.05, 3.63) is 63.2 Å². The number of rotatable bonds is 6. The van der Waals surface area contributed by atoms with Crippen LogP contribution in [0.5, 0.6) is 11.5 Å².